The summed E-state index contributed by atoms with van der Waals surface area (Å²) >= 11 is 0. The molecule has 0 radical (unpaired) electrons. The number of halogens is 3. The first-order valence-corrected chi connectivity index (χ1v) is 5.68. The number of nitrogens with one attached hydrogen (secondary N) is 2. The molecule has 2 aromatic heterocycles. The molecule has 108 valence electrons. The summed E-state index contributed by atoms with van der Waals surface area (Å²) in [6.07, 6.45) is -4.60. The van der Waals surface area contributed by atoms with Crippen molar-refractivity contribution in [2.24, 2.45) is 0 Å². The quantitative estimate of drug-likeness (QED) is 0.899. The molecule has 6 nitrogen and oxygen atoms in total. The lowest BCUT2D eigenvalue weighted by Gasteiger charge is -2.10. The predicted molar refractivity (Wildman–Crippen MR) is 65.1 cm³/mol. The van der Waals surface area contributed by atoms with Crippen molar-refractivity contribution in [2.45, 2.75) is 19.6 Å². The molecule has 0 amide bonds. The highest BCUT2D eigenvalue weighted by Crippen LogP contribution is 2.28. The molecule has 0 aliphatic rings. The van der Waals surface area contributed by atoms with Gasteiger partial charge in [0.2, 0.25) is 5.82 Å². The minimum absolute atomic E-state index is 0.0531. The van der Waals surface area contributed by atoms with Crippen LogP contribution in [0, 0.1) is 6.92 Å². The fraction of sp³-hybridized carbons (Fsp3) is 0.364. The lowest BCUT2D eigenvalue weighted by molar-refractivity contribution is -0.144. The Morgan fingerprint density at radius 3 is 2.45 bits per heavy atom. The normalized spacial score (nSPS) is 11.4. The molecule has 9 heteroatoms. The van der Waals surface area contributed by atoms with Crippen LogP contribution in [0.4, 0.5) is 24.8 Å². The van der Waals surface area contributed by atoms with Crippen LogP contribution in [0.5, 0.6) is 0 Å². The number of anilines is 2. The van der Waals surface area contributed by atoms with E-state index in [0.29, 0.717) is 11.5 Å². The summed E-state index contributed by atoms with van der Waals surface area (Å²) in [5.74, 6) is -0.456. The van der Waals surface area contributed by atoms with Crippen LogP contribution >= 0.6 is 0 Å². The van der Waals surface area contributed by atoms with E-state index in [1.165, 1.54) is 13.1 Å². The summed E-state index contributed by atoms with van der Waals surface area (Å²) in [6, 6.07) is 3.06. The third kappa shape index (κ3) is 3.37. The van der Waals surface area contributed by atoms with Crippen LogP contribution in [-0.2, 0) is 12.7 Å². The molecule has 2 rings (SSSR count). The molecule has 0 saturated carbocycles. The van der Waals surface area contributed by atoms with Gasteiger partial charge in [-0.15, -0.1) is 0 Å². The summed E-state index contributed by atoms with van der Waals surface area (Å²) in [5, 5.41) is 9.03. The van der Waals surface area contributed by atoms with E-state index < -0.39 is 12.0 Å². The zero-order chi connectivity index (χ0) is 14.8. The number of aryl methyl sites for hydroxylation is 1. The van der Waals surface area contributed by atoms with Crippen molar-refractivity contribution in [2.75, 3.05) is 17.7 Å². The van der Waals surface area contributed by atoms with Gasteiger partial charge in [0.05, 0.1) is 6.54 Å². The van der Waals surface area contributed by atoms with Crippen LogP contribution in [0.3, 0.4) is 0 Å². The average Bonchev–Trinajstić information content (AvgIpc) is 2.81. The monoisotopic (exact) mass is 287 g/mol. The van der Waals surface area contributed by atoms with Crippen molar-refractivity contribution < 1.29 is 17.7 Å². The Morgan fingerprint density at radius 1 is 1.20 bits per heavy atom. The Hall–Kier alpha value is -2.32. The van der Waals surface area contributed by atoms with Crippen LogP contribution in [0.15, 0.2) is 16.7 Å². The minimum Gasteiger partial charge on any atom is -0.373 e. The molecule has 2 N–H and O–H groups in total. The fourth-order valence-corrected chi connectivity index (χ4v) is 1.48. The van der Waals surface area contributed by atoms with Gasteiger partial charge in [0, 0.05) is 19.2 Å². The molecule has 0 spiro atoms. The number of nitrogens with zero attached hydrogens (tertiary/aromatic N) is 3. The average molecular weight is 287 g/mol. The Morgan fingerprint density at radius 2 is 1.90 bits per heavy atom. The van der Waals surface area contributed by atoms with E-state index in [9.17, 15) is 13.2 Å². The van der Waals surface area contributed by atoms with E-state index >= 15 is 0 Å². The molecule has 20 heavy (non-hydrogen) atoms. The molecular weight excluding hydrogens is 275 g/mol. The smallest absolute Gasteiger partial charge is 0.373 e. The summed E-state index contributed by atoms with van der Waals surface area (Å²) in [6.45, 7) is 1.93. The second kappa shape index (κ2) is 5.35. The number of hydrogen-bond donors (Lipinski definition) is 2. The maximum Gasteiger partial charge on any atom is 0.451 e. The van der Waals surface area contributed by atoms with Gasteiger partial charge in [-0.25, -0.2) is 9.97 Å². The van der Waals surface area contributed by atoms with E-state index in [-0.39, 0.29) is 18.2 Å². The van der Waals surface area contributed by atoms with E-state index in [0.717, 1.165) is 0 Å². The zero-order valence-corrected chi connectivity index (χ0v) is 10.7. The largest absolute Gasteiger partial charge is 0.451 e. The van der Waals surface area contributed by atoms with E-state index in [1.807, 2.05) is 0 Å². The van der Waals surface area contributed by atoms with Gasteiger partial charge in [0.25, 0.3) is 0 Å². The van der Waals surface area contributed by atoms with Crippen LogP contribution in [-0.4, -0.2) is 22.2 Å². The molecule has 2 aromatic rings. The van der Waals surface area contributed by atoms with E-state index in [4.69, 9.17) is 4.52 Å². The van der Waals surface area contributed by atoms with Gasteiger partial charge in [-0.2, -0.15) is 13.2 Å². The second-order valence-corrected chi connectivity index (χ2v) is 3.99. The standard InChI is InChI=1S/C11H12F3N5O/c1-6-3-7(19-20-6)5-16-9-4-8(15-2)17-10(18-9)11(12,13)14/h3-4H,5H2,1-2H3,(H2,15,16,17,18). The van der Waals surface area contributed by atoms with Gasteiger partial charge in [-0.3, -0.25) is 0 Å². The van der Waals surface area contributed by atoms with Crippen LogP contribution < -0.4 is 10.6 Å². The Bertz CT molecular complexity index is 596. The summed E-state index contributed by atoms with van der Waals surface area (Å²) in [5.41, 5.74) is 0.570. The van der Waals surface area contributed by atoms with Crippen LogP contribution in [0.2, 0.25) is 0 Å². The first kappa shape index (κ1) is 14.1. The summed E-state index contributed by atoms with van der Waals surface area (Å²) < 4.78 is 42.8. The van der Waals surface area contributed by atoms with Gasteiger partial charge < -0.3 is 15.2 Å². The lowest BCUT2D eigenvalue weighted by Crippen LogP contribution is -2.14. The maximum absolute atomic E-state index is 12.6. The Balaban J connectivity index is 2.18. The topological polar surface area (TPSA) is 75.9 Å². The SMILES string of the molecule is CNc1cc(NCc2cc(C)on2)nc(C(F)(F)F)n1. The van der Waals surface area contributed by atoms with Crippen molar-refractivity contribution in [1.82, 2.24) is 15.1 Å². The number of aromatic nitrogens is 3. The third-order valence-corrected chi connectivity index (χ3v) is 2.36. The molecular formula is C11H12F3N5O. The van der Waals surface area contributed by atoms with E-state index in [2.05, 4.69) is 25.8 Å². The van der Waals surface area contributed by atoms with Gasteiger partial charge in [0.15, 0.2) is 0 Å². The van der Waals surface area contributed by atoms with E-state index in [1.54, 1.807) is 13.0 Å². The first-order valence-electron chi connectivity index (χ1n) is 5.68. The van der Waals surface area contributed by atoms with Crippen molar-refractivity contribution in [3.05, 3.63) is 29.4 Å². The highest BCUT2D eigenvalue weighted by molar-refractivity contribution is 5.47. The van der Waals surface area contributed by atoms with Crippen molar-refractivity contribution in [3.63, 3.8) is 0 Å². The molecule has 0 bridgehead atoms. The Kier molecular flexibility index (Phi) is 3.77. The van der Waals surface area contributed by atoms with Crippen LogP contribution in [0.25, 0.3) is 0 Å². The number of hydrogen-bond acceptors (Lipinski definition) is 6. The summed E-state index contributed by atoms with van der Waals surface area (Å²) in [7, 11) is 1.48. The molecule has 0 aromatic carbocycles. The molecule has 2 heterocycles. The molecule has 0 atom stereocenters. The molecule has 0 aliphatic carbocycles. The fourth-order valence-electron chi connectivity index (χ4n) is 1.48. The first-order chi connectivity index (χ1) is 9.38. The predicted octanol–water partition coefficient (Wildman–Crippen LogP) is 2.45. The zero-order valence-electron chi connectivity index (χ0n) is 10.7. The van der Waals surface area contributed by atoms with Crippen molar-refractivity contribution >= 4 is 11.6 Å². The van der Waals surface area contributed by atoms with Crippen molar-refractivity contribution in [3.8, 4) is 0 Å². The van der Waals surface area contributed by atoms with Crippen LogP contribution in [0.1, 0.15) is 17.3 Å². The van der Waals surface area contributed by atoms with Crippen molar-refractivity contribution in [1.29, 1.82) is 0 Å². The maximum atomic E-state index is 12.6. The molecule has 0 aliphatic heterocycles. The minimum atomic E-state index is -4.60. The lowest BCUT2D eigenvalue weighted by atomic mass is 10.3. The Labute approximate surface area is 112 Å². The summed E-state index contributed by atoms with van der Waals surface area (Å²) in [4.78, 5) is 6.79. The van der Waals surface area contributed by atoms with Gasteiger partial charge in [0.1, 0.15) is 23.1 Å². The van der Waals surface area contributed by atoms with Gasteiger partial charge in [-0.1, -0.05) is 5.16 Å². The third-order valence-electron chi connectivity index (χ3n) is 2.36. The van der Waals surface area contributed by atoms with Gasteiger partial charge in [-0.05, 0) is 6.92 Å². The second-order valence-electron chi connectivity index (χ2n) is 3.99. The van der Waals surface area contributed by atoms with Gasteiger partial charge >= 0.3 is 6.18 Å². The number of alkyl halides is 3. The molecule has 0 fully saturated rings. The highest BCUT2D eigenvalue weighted by atomic mass is 19.4. The number of rotatable bonds is 4. The highest BCUT2D eigenvalue weighted by Gasteiger charge is 2.35. The molecule has 0 saturated heterocycles. The molecule has 0 unspecified atom stereocenters.